The van der Waals surface area contributed by atoms with E-state index in [-0.39, 0.29) is 17.7 Å². The molecule has 0 aliphatic carbocycles. The van der Waals surface area contributed by atoms with Crippen molar-refractivity contribution in [2.45, 2.75) is 19.4 Å². The van der Waals surface area contributed by atoms with Crippen LogP contribution in [0.2, 0.25) is 0 Å². The Morgan fingerprint density at radius 1 is 1.10 bits per heavy atom. The Bertz CT molecular complexity index is 632. The van der Waals surface area contributed by atoms with Gasteiger partial charge in [0, 0.05) is 6.04 Å². The highest BCUT2D eigenvalue weighted by Crippen LogP contribution is 2.28. The van der Waals surface area contributed by atoms with Crippen molar-refractivity contribution in [3.05, 3.63) is 68.1 Å². The summed E-state index contributed by atoms with van der Waals surface area (Å²) in [6, 6.07) is 9.94. The van der Waals surface area contributed by atoms with E-state index in [0.29, 0.717) is 15.4 Å². The molecule has 21 heavy (non-hydrogen) atoms. The number of benzene rings is 2. The first-order valence-electron chi connectivity index (χ1n) is 6.64. The van der Waals surface area contributed by atoms with Gasteiger partial charge in [-0.25, -0.2) is 8.78 Å². The summed E-state index contributed by atoms with van der Waals surface area (Å²) in [6.45, 7) is 2.78. The molecule has 112 valence electrons. The normalized spacial score (nSPS) is 12.4. The quantitative estimate of drug-likeness (QED) is 0.686. The molecule has 5 heteroatoms. The van der Waals surface area contributed by atoms with Crippen LogP contribution < -0.4 is 5.32 Å². The van der Waals surface area contributed by atoms with Crippen LogP contribution in [0.3, 0.4) is 0 Å². The highest BCUT2D eigenvalue weighted by molar-refractivity contribution is 9.10. The van der Waals surface area contributed by atoms with Crippen LogP contribution in [0, 0.1) is 11.6 Å². The molecule has 2 aromatic rings. The lowest BCUT2D eigenvalue weighted by molar-refractivity contribution is 0.542. The average Bonchev–Trinajstić information content (AvgIpc) is 2.46. The van der Waals surface area contributed by atoms with Crippen LogP contribution in [0.1, 0.15) is 24.1 Å². The molecule has 0 fully saturated rings. The van der Waals surface area contributed by atoms with Gasteiger partial charge in [-0.15, -0.1) is 0 Å². The topological polar surface area (TPSA) is 12.0 Å². The summed E-state index contributed by atoms with van der Waals surface area (Å²) in [5.74, 6) is -0.566. The van der Waals surface area contributed by atoms with Crippen LogP contribution in [0.15, 0.2) is 45.3 Å². The lowest BCUT2D eigenvalue weighted by Gasteiger charge is -2.20. The van der Waals surface area contributed by atoms with Gasteiger partial charge >= 0.3 is 0 Å². The predicted octanol–water partition coefficient (Wildman–Crippen LogP) is 5.38. The first kappa shape index (κ1) is 16.6. The Hall–Kier alpha value is -0.780. The zero-order valence-corrected chi connectivity index (χ0v) is 14.6. The molecule has 2 aromatic carbocycles. The lowest BCUT2D eigenvalue weighted by Crippen LogP contribution is -2.23. The fourth-order valence-electron chi connectivity index (χ4n) is 2.21. The summed E-state index contributed by atoms with van der Waals surface area (Å²) >= 11 is 6.49. The van der Waals surface area contributed by atoms with Gasteiger partial charge in [-0.3, -0.25) is 0 Å². The highest BCUT2D eigenvalue weighted by Gasteiger charge is 2.15. The maximum Gasteiger partial charge on any atom is 0.137 e. The Morgan fingerprint density at radius 2 is 1.86 bits per heavy atom. The molecule has 0 heterocycles. The molecule has 1 N–H and O–H groups in total. The molecule has 0 amide bonds. The van der Waals surface area contributed by atoms with Crippen LogP contribution in [0.4, 0.5) is 8.78 Å². The molecule has 0 spiro atoms. The zero-order chi connectivity index (χ0) is 15.4. The van der Waals surface area contributed by atoms with Crippen molar-refractivity contribution < 1.29 is 8.78 Å². The van der Waals surface area contributed by atoms with Crippen LogP contribution in [-0.4, -0.2) is 6.54 Å². The fraction of sp³-hybridized carbons (Fsp3) is 0.250. The van der Waals surface area contributed by atoms with E-state index in [1.54, 1.807) is 18.2 Å². The second-order valence-electron chi connectivity index (χ2n) is 4.70. The van der Waals surface area contributed by atoms with Crippen LogP contribution >= 0.6 is 31.9 Å². The summed E-state index contributed by atoms with van der Waals surface area (Å²) in [5, 5.41) is 3.35. The molecule has 2 rings (SSSR count). The van der Waals surface area contributed by atoms with Crippen LogP contribution in [0.5, 0.6) is 0 Å². The molecule has 1 nitrogen and oxygen atoms in total. The molecule has 0 saturated carbocycles. The standard InChI is InChI=1S/C16H15Br2F2N/c1-2-21-15(10-6-7-13(19)12(17)8-10)9-11-4-3-5-14(20)16(11)18/h3-8,15,21H,2,9H2,1H3. The van der Waals surface area contributed by atoms with Crippen molar-refractivity contribution >= 4 is 31.9 Å². The predicted molar refractivity (Wildman–Crippen MR) is 88.3 cm³/mol. The SMILES string of the molecule is CCNC(Cc1cccc(F)c1Br)c1ccc(F)c(Br)c1. The molecule has 0 radical (unpaired) electrons. The third kappa shape index (κ3) is 4.11. The molecule has 0 aliphatic heterocycles. The molecule has 0 saturated heterocycles. The fourth-order valence-corrected chi connectivity index (χ4v) is 3.03. The van der Waals surface area contributed by atoms with E-state index in [1.807, 2.05) is 13.0 Å². The van der Waals surface area contributed by atoms with Gasteiger partial charge in [0.25, 0.3) is 0 Å². The van der Waals surface area contributed by atoms with Gasteiger partial charge in [-0.05, 0) is 74.2 Å². The Balaban J connectivity index is 2.30. The molecule has 0 aliphatic rings. The number of likely N-dealkylation sites (N-methyl/N-ethyl adjacent to an activating group) is 1. The number of nitrogens with one attached hydrogen (secondary N) is 1. The maximum absolute atomic E-state index is 13.6. The maximum atomic E-state index is 13.6. The summed E-state index contributed by atoms with van der Waals surface area (Å²) in [5.41, 5.74) is 1.84. The van der Waals surface area contributed by atoms with E-state index in [2.05, 4.69) is 37.2 Å². The second kappa shape index (κ2) is 7.47. The Kier molecular flexibility index (Phi) is 5.90. The number of halogens is 4. The van der Waals surface area contributed by atoms with E-state index < -0.39 is 0 Å². The minimum atomic E-state index is -0.291. The molecule has 0 aromatic heterocycles. The Morgan fingerprint density at radius 3 is 2.52 bits per heavy atom. The smallest absolute Gasteiger partial charge is 0.137 e. The van der Waals surface area contributed by atoms with Crippen molar-refractivity contribution in [2.75, 3.05) is 6.54 Å². The van der Waals surface area contributed by atoms with E-state index >= 15 is 0 Å². The molecule has 1 atom stereocenters. The van der Waals surface area contributed by atoms with Gasteiger partial charge in [-0.2, -0.15) is 0 Å². The lowest BCUT2D eigenvalue weighted by atomic mass is 9.98. The number of hydrogen-bond acceptors (Lipinski definition) is 1. The first-order valence-corrected chi connectivity index (χ1v) is 8.22. The van der Waals surface area contributed by atoms with E-state index in [0.717, 1.165) is 17.7 Å². The van der Waals surface area contributed by atoms with E-state index in [1.165, 1.54) is 12.1 Å². The van der Waals surface area contributed by atoms with Crippen LogP contribution in [0.25, 0.3) is 0 Å². The summed E-state index contributed by atoms with van der Waals surface area (Å²) in [4.78, 5) is 0. The van der Waals surface area contributed by atoms with Crippen molar-refractivity contribution in [1.82, 2.24) is 5.32 Å². The van der Waals surface area contributed by atoms with Crippen molar-refractivity contribution in [3.8, 4) is 0 Å². The van der Waals surface area contributed by atoms with Crippen molar-refractivity contribution in [1.29, 1.82) is 0 Å². The monoisotopic (exact) mass is 417 g/mol. The van der Waals surface area contributed by atoms with E-state index in [4.69, 9.17) is 0 Å². The second-order valence-corrected chi connectivity index (χ2v) is 6.35. The third-order valence-corrected chi connectivity index (χ3v) is 4.75. The largest absolute Gasteiger partial charge is 0.310 e. The minimum absolute atomic E-state index is 0.00926. The average molecular weight is 419 g/mol. The molecular formula is C16H15Br2F2N. The van der Waals surface area contributed by atoms with Gasteiger partial charge in [0.15, 0.2) is 0 Å². The van der Waals surface area contributed by atoms with Gasteiger partial charge in [-0.1, -0.05) is 25.1 Å². The van der Waals surface area contributed by atoms with Crippen LogP contribution in [-0.2, 0) is 6.42 Å². The van der Waals surface area contributed by atoms with Crippen molar-refractivity contribution in [3.63, 3.8) is 0 Å². The van der Waals surface area contributed by atoms with Gasteiger partial charge in [0.1, 0.15) is 11.6 Å². The van der Waals surface area contributed by atoms with Crippen molar-refractivity contribution in [2.24, 2.45) is 0 Å². The van der Waals surface area contributed by atoms with Gasteiger partial charge in [0.05, 0.1) is 8.95 Å². The third-order valence-electron chi connectivity index (χ3n) is 3.25. The molecule has 0 bridgehead atoms. The number of rotatable bonds is 5. The molecular weight excluding hydrogens is 404 g/mol. The summed E-state index contributed by atoms with van der Waals surface area (Å²) in [7, 11) is 0. The van der Waals surface area contributed by atoms with Gasteiger partial charge < -0.3 is 5.32 Å². The minimum Gasteiger partial charge on any atom is -0.310 e. The first-order chi connectivity index (χ1) is 10.0. The number of hydrogen-bond donors (Lipinski definition) is 1. The summed E-state index contributed by atoms with van der Waals surface area (Å²) in [6.07, 6.45) is 0.615. The highest BCUT2D eigenvalue weighted by atomic mass is 79.9. The molecule has 1 unspecified atom stereocenters. The zero-order valence-electron chi connectivity index (χ0n) is 11.5. The van der Waals surface area contributed by atoms with Gasteiger partial charge in [0.2, 0.25) is 0 Å². The Labute approximate surface area is 140 Å². The van der Waals surface area contributed by atoms with E-state index in [9.17, 15) is 8.78 Å². The summed E-state index contributed by atoms with van der Waals surface area (Å²) < 4.78 is 27.9.